The van der Waals surface area contributed by atoms with Gasteiger partial charge < -0.3 is 40.9 Å². The Morgan fingerprint density at radius 2 is 1.60 bits per heavy atom. The van der Waals surface area contributed by atoms with Crippen molar-refractivity contribution in [3.8, 4) is 0 Å². The van der Waals surface area contributed by atoms with Crippen molar-refractivity contribution in [3.05, 3.63) is 0 Å². The second-order valence-electron chi connectivity index (χ2n) is 7.94. The van der Waals surface area contributed by atoms with Gasteiger partial charge in [-0.3, -0.25) is 29.3 Å². The van der Waals surface area contributed by atoms with Crippen LogP contribution in [0.25, 0.3) is 0 Å². The van der Waals surface area contributed by atoms with Gasteiger partial charge in [-0.1, -0.05) is 20.3 Å². The molecule has 14 nitrogen and oxygen atoms in total. The fourth-order valence-electron chi connectivity index (χ4n) is 2.92. The number of rotatable bonds is 18. The quantitative estimate of drug-likeness (QED) is 0.0723. The molecule has 35 heavy (non-hydrogen) atoms. The summed E-state index contributed by atoms with van der Waals surface area (Å²) in [6.45, 7) is 3.27. The summed E-state index contributed by atoms with van der Waals surface area (Å²) < 4.78 is 0. The van der Waals surface area contributed by atoms with Crippen LogP contribution < -0.4 is 21.3 Å². The van der Waals surface area contributed by atoms with Gasteiger partial charge >= 0.3 is 5.97 Å². The molecular formula is C21H34N4O10. The minimum atomic E-state index is -1.62. The molecule has 0 aliphatic heterocycles. The number of amides is 3. The average molecular weight is 503 g/mol. The van der Waals surface area contributed by atoms with Gasteiger partial charge in [-0.15, -0.1) is 0 Å². The second kappa shape index (κ2) is 16.4. The number of hydrogen-bond donors (Lipinski definition) is 7. The van der Waals surface area contributed by atoms with Gasteiger partial charge in [0.2, 0.25) is 17.7 Å². The topological polar surface area (TPSA) is 228 Å². The fraction of sp³-hybridized carbons (Fsp3) is 0.667. The van der Waals surface area contributed by atoms with E-state index in [1.165, 1.54) is 6.92 Å². The Labute approximate surface area is 202 Å². The summed E-state index contributed by atoms with van der Waals surface area (Å²) in [5, 5.41) is 37.4. The Hall–Kier alpha value is -3.23. The van der Waals surface area contributed by atoms with E-state index in [1.54, 1.807) is 13.8 Å². The molecule has 0 bridgehead atoms. The van der Waals surface area contributed by atoms with Crippen LogP contribution >= 0.6 is 0 Å². The van der Waals surface area contributed by atoms with E-state index in [4.69, 9.17) is 10.2 Å². The van der Waals surface area contributed by atoms with E-state index in [0.29, 0.717) is 6.42 Å². The molecule has 0 spiro atoms. The number of aliphatic hydroxyl groups is 2. The highest BCUT2D eigenvalue weighted by molar-refractivity contribution is 5.98. The normalized spacial score (nSPS) is 15.9. The van der Waals surface area contributed by atoms with Gasteiger partial charge in [0.1, 0.15) is 43.3 Å². The highest BCUT2D eigenvalue weighted by Crippen LogP contribution is 2.09. The third-order valence-corrected chi connectivity index (χ3v) is 5.19. The molecule has 0 heterocycles. The minimum Gasteiger partial charge on any atom is -0.481 e. The standard InChI is InChI=1S/C21H34N4O10/c1-4-11(2)19(23-12(3)29)21(35)24-13(5-6-18(32)33)20(34)25-15(9-27)16(30)7-22-14(8-26)17(31)10-28/h8-9,11,13-16,19,22,28,30H,4-7,10H2,1-3H3,(H,23,29)(H,24,35)(H,25,34)(H,32,33)/t11-,13-,14-,15+,16-,19-/m0/s1. The van der Waals surface area contributed by atoms with E-state index < -0.39 is 79.3 Å². The molecule has 0 rings (SSSR count). The van der Waals surface area contributed by atoms with Gasteiger partial charge in [0, 0.05) is 19.9 Å². The SMILES string of the molecule is CC[C@H](C)[C@H](NC(C)=O)C(=O)N[C@@H](CCC(=O)O)C(=O)N[C@H](C=O)[C@@H](O)CN[C@@H](C=O)C(=O)CO. The molecule has 0 aromatic rings. The van der Waals surface area contributed by atoms with Crippen LogP contribution in [0.2, 0.25) is 0 Å². The fourth-order valence-corrected chi connectivity index (χ4v) is 2.92. The zero-order valence-corrected chi connectivity index (χ0v) is 19.9. The molecule has 3 amide bonds. The highest BCUT2D eigenvalue weighted by Gasteiger charge is 2.31. The van der Waals surface area contributed by atoms with Crippen LogP contribution in [0.1, 0.15) is 40.0 Å². The largest absolute Gasteiger partial charge is 0.481 e. The lowest BCUT2D eigenvalue weighted by molar-refractivity contribution is -0.138. The molecular weight excluding hydrogens is 468 g/mol. The summed E-state index contributed by atoms with van der Waals surface area (Å²) in [6, 6.07) is -5.40. The summed E-state index contributed by atoms with van der Waals surface area (Å²) in [6.07, 6.45) is -1.58. The molecule has 0 aliphatic rings. The maximum atomic E-state index is 12.8. The molecule has 0 aromatic heterocycles. The molecule has 6 atom stereocenters. The number of carbonyl (C=O) groups is 7. The van der Waals surface area contributed by atoms with Gasteiger partial charge in [-0.2, -0.15) is 0 Å². The Balaban J connectivity index is 5.46. The number of carbonyl (C=O) groups excluding carboxylic acids is 6. The first-order valence-electron chi connectivity index (χ1n) is 11.0. The van der Waals surface area contributed by atoms with Crippen LogP contribution in [-0.4, -0.2) is 101 Å². The lowest BCUT2D eigenvalue weighted by atomic mass is 9.97. The van der Waals surface area contributed by atoms with Gasteiger partial charge in [0.05, 0.1) is 6.10 Å². The molecule has 0 aromatic carbocycles. The van der Waals surface area contributed by atoms with Gasteiger partial charge in [0.25, 0.3) is 0 Å². The average Bonchev–Trinajstić information content (AvgIpc) is 2.82. The number of hydrogen-bond acceptors (Lipinski definition) is 10. The Morgan fingerprint density at radius 1 is 0.971 bits per heavy atom. The minimum absolute atomic E-state index is 0.184. The van der Waals surface area contributed by atoms with Crippen molar-refractivity contribution < 1.29 is 48.9 Å². The summed E-state index contributed by atoms with van der Waals surface area (Å²) in [7, 11) is 0. The number of carboxylic acids is 1. The maximum Gasteiger partial charge on any atom is 0.303 e. The van der Waals surface area contributed by atoms with Crippen molar-refractivity contribution in [2.75, 3.05) is 13.2 Å². The van der Waals surface area contributed by atoms with Crippen LogP contribution in [-0.2, 0) is 33.6 Å². The lowest BCUT2D eigenvalue weighted by Crippen LogP contribution is -2.58. The number of aldehydes is 2. The zero-order valence-electron chi connectivity index (χ0n) is 19.9. The Kier molecular flexibility index (Phi) is 14.9. The third-order valence-electron chi connectivity index (χ3n) is 5.19. The van der Waals surface area contributed by atoms with Crippen LogP contribution in [0, 0.1) is 5.92 Å². The monoisotopic (exact) mass is 502 g/mol. The first kappa shape index (κ1) is 31.8. The molecule has 0 unspecified atom stereocenters. The van der Waals surface area contributed by atoms with E-state index in [-0.39, 0.29) is 24.9 Å². The third kappa shape index (κ3) is 11.6. The number of carboxylic acid groups (broad SMARTS) is 1. The number of nitrogens with one attached hydrogen (secondary N) is 4. The van der Waals surface area contributed by atoms with Crippen LogP contribution in [0.15, 0.2) is 0 Å². The molecule has 14 heteroatoms. The number of aliphatic hydroxyl groups excluding tert-OH is 2. The van der Waals surface area contributed by atoms with Crippen molar-refractivity contribution in [2.45, 2.75) is 70.3 Å². The molecule has 0 saturated heterocycles. The Bertz CT molecular complexity index is 775. The van der Waals surface area contributed by atoms with Gasteiger partial charge in [0.15, 0.2) is 5.78 Å². The lowest BCUT2D eigenvalue weighted by Gasteiger charge is -2.27. The zero-order chi connectivity index (χ0) is 27.1. The van der Waals surface area contributed by atoms with E-state index >= 15 is 0 Å². The molecule has 0 fully saturated rings. The molecule has 0 aliphatic carbocycles. The van der Waals surface area contributed by atoms with Crippen molar-refractivity contribution in [1.29, 1.82) is 0 Å². The van der Waals surface area contributed by atoms with E-state index in [9.17, 15) is 38.7 Å². The molecule has 7 N–H and O–H groups in total. The van der Waals surface area contributed by atoms with E-state index in [2.05, 4.69) is 21.3 Å². The van der Waals surface area contributed by atoms with Crippen LogP contribution in [0.5, 0.6) is 0 Å². The first-order valence-corrected chi connectivity index (χ1v) is 11.0. The second-order valence-corrected chi connectivity index (χ2v) is 7.94. The summed E-state index contributed by atoms with van der Waals surface area (Å²) in [4.78, 5) is 81.8. The van der Waals surface area contributed by atoms with Crippen molar-refractivity contribution in [3.63, 3.8) is 0 Å². The number of aliphatic carboxylic acids is 1. The number of Topliss-reactive ketones (excluding diaryl/α,β-unsaturated/α-hetero) is 1. The van der Waals surface area contributed by atoms with Gasteiger partial charge in [-0.05, 0) is 12.3 Å². The summed E-state index contributed by atoms with van der Waals surface area (Å²) in [5.41, 5.74) is 0. The molecule has 0 radical (unpaired) electrons. The maximum absolute atomic E-state index is 12.8. The smallest absolute Gasteiger partial charge is 0.303 e. The predicted molar refractivity (Wildman–Crippen MR) is 120 cm³/mol. The van der Waals surface area contributed by atoms with Crippen LogP contribution in [0.4, 0.5) is 0 Å². The predicted octanol–water partition coefficient (Wildman–Crippen LogP) is -3.35. The number of ketones is 1. The van der Waals surface area contributed by atoms with E-state index in [1.807, 2.05) is 0 Å². The van der Waals surface area contributed by atoms with Crippen molar-refractivity contribution in [2.24, 2.45) is 5.92 Å². The summed E-state index contributed by atoms with van der Waals surface area (Å²) >= 11 is 0. The van der Waals surface area contributed by atoms with Gasteiger partial charge in [-0.25, -0.2) is 0 Å². The first-order chi connectivity index (χ1) is 16.4. The Morgan fingerprint density at radius 3 is 2.06 bits per heavy atom. The summed E-state index contributed by atoms with van der Waals surface area (Å²) in [5.74, 6) is -4.62. The van der Waals surface area contributed by atoms with Crippen molar-refractivity contribution in [1.82, 2.24) is 21.3 Å². The van der Waals surface area contributed by atoms with E-state index in [0.717, 1.165) is 0 Å². The van der Waals surface area contributed by atoms with Crippen LogP contribution in [0.3, 0.4) is 0 Å². The van der Waals surface area contributed by atoms with Crippen molar-refractivity contribution >= 4 is 42.0 Å². The molecule has 198 valence electrons. The molecule has 0 saturated carbocycles. The highest BCUT2D eigenvalue weighted by atomic mass is 16.4.